The predicted octanol–water partition coefficient (Wildman–Crippen LogP) is 4.93. The van der Waals surface area contributed by atoms with Gasteiger partial charge in [0.25, 0.3) is 0 Å². The van der Waals surface area contributed by atoms with Crippen molar-refractivity contribution in [3.63, 3.8) is 0 Å². The number of aryl methyl sites for hydroxylation is 4. The molecule has 4 atom stereocenters. The molecule has 0 amide bonds. The van der Waals surface area contributed by atoms with Crippen molar-refractivity contribution in [1.29, 1.82) is 0 Å². The fraction of sp³-hybridized carbons (Fsp3) is 0.333. The number of benzene rings is 2. The molecule has 26 heavy (non-hydrogen) atoms. The molecule has 4 heterocycles. The first-order valence-electron chi connectivity index (χ1n) is 9.83. The predicted molar refractivity (Wildman–Crippen MR) is 99.1 cm³/mol. The number of fused-ring (bicyclic) bond motifs is 10. The summed E-state index contributed by atoms with van der Waals surface area (Å²) >= 11 is 0. The molecule has 2 aromatic carbocycles. The molecular weight excluding hydrogens is 320 g/mol. The normalized spacial score (nSPS) is 31.4. The minimum absolute atomic E-state index is 0.182. The fourth-order valence-corrected chi connectivity index (χ4v) is 5.77. The number of ether oxygens (including phenoxy) is 2. The maximum Gasteiger partial charge on any atom is 0.103 e. The van der Waals surface area contributed by atoms with E-state index in [0.717, 1.165) is 25.7 Å². The maximum atomic E-state index is 6.21. The van der Waals surface area contributed by atoms with E-state index in [9.17, 15) is 0 Å². The van der Waals surface area contributed by atoms with Gasteiger partial charge in [0.1, 0.15) is 24.4 Å². The van der Waals surface area contributed by atoms with Gasteiger partial charge in [-0.15, -0.1) is 0 Å². The number of hydrogen-bond acceptors (Lipinski definition) is 2. The number of rotatable bonds is 0. The Morgan fingerprint density at radius 2 is 0.731 bits per heavy atom. The van der Waals surface area contributed by atoms with E-state index in [2.05, 4.69) is 48.6 Å². The van der Waals surface area contributed by atoms with Crippen LogP contribution in [-0.2, 0) is 35.2 Å². The Labute approximate surface area is 153 Å². The topological polar surface area (TPSA) is 18.5 Å². The quantitative estimate of drug-likeness (QED) is 0.633. The summed E-state index contributed by atoms with van der Waals surface area (Å²) in [6.07, 6.45) is 14.0. The third-order valence-electron chi connectivity index (χ3n) is 6.91. The van der Waals surface area contributed by atoms with E-state index in [0.29, 0.717) is 0 Å². The SMILES string of the molecule is C1=C[C@H]2O[C@@H]1c1c3ccc(c12)CCc1ccc(c2c1[C@@H]1C=C[C@H]2O1)CC3. The summed E-state index contributed by atoms with van der Waals surface area (Å²) < 4.78 is 12.4. The summed E-state index contributed by atoms with van der Waals surface area (Å²) in [5, 5.41) is 0. The van der Waals surface area contributed by atoms with E-state index >= 15 is 0 Å². The van der Waals surface area contributed by atoms with Crippen LogP contribution in [0.4, 0.5) is 0 Å². The van der Waals surface area contributed by atoms with Crippen LogP contribution in [0.1, 0.15) is 68.9 Å². The van der Waals surface area contributed by atoms with Gasteiger partial charge in [0.05, 0.1) is 0 Å². The molecule has 8 bridgehead atoms. The Morgan fingerprint density at radius 1 is 0.462 bits per heavy atom. The zero-order chi connectivity index (χ0) is 16.8. The molecule has 2 aromatic rings. The highest BCUT2D eigenvalue weighted by Gasteiger charge is 2.39. The van der Waals surface area contributed by atoms with Crippen molar-refractivity contribution in [2.75, 3.05) is 0 Å². The second-order valence-electron chi connectivity index (χ2n) is 8.15. The molecule has 128 valence electrons. The maximum absolute atomic E-state index is 6.21. The first-order valence-corrected chi connectivity index (χ1v) is 9.83. The molecule has 0 unspecified atom stereocenters. The molecule has 2 nitrogen and oxygen atoms in total. The highest BCUT2D eigenvalue weighted by Crippen LogP contribution is 2.51. The van der Waals surface area contributed by atoms with Crippen LogP contribution < -0.4 is 0 Å². The highest BCUT2D eigenvalue weighted by molar-refractivity contribution is 5.55. The Kier molecular flexibility index (Phi) is 2.56. The van der Waals surface area contributed by atoms with Gasteiger partial charge in [0.2, 0.25) is 0 Å². The summed E-state index contributed by atoms with van der Waals surface area (Å²) in [5.41, 5.74) is 11.8. The molecule has 2 aliphatic carbocycles. The monoisotopic (exact) mass is 340 g/mol. The molecule has 8 rings (SSSR count). The average molecular weight is 340 g/mol. The van der Waals surface area contributed by atoms with Crippen LogP contribution in [0.3, 0.4) is 0 Å². The molecule has 0 saturated heterocycles. The van der Waals surface area contributed by atoms with Crippen LogP contribution in [0.5, 0.6) is 0 Å². The van der Waals surface area contributed by atoms with Gasteiger partial charge in [0, 0.05) is 0 Å². The smallest absolute Gasteiger partial charge is 0.103 e. The average Bonchev–Trinajstić information content (AvgIpc) is 3.44. The molecule has 0 aromatic heterocycles. The van der Waals surface area contributed by atoms with Crippen LogP contribution in [0, 0.1) is 0 Å². The van der Waals surface area contributed by atoms with E-state index in [1.165, 1.54) is 44.5 Å². The summed E-state index contributed by atoms with van der Waals surface area (Å²) in [5.74, 6) is 0. The van der Waals surface area contributed by atoms with Crippen LogP contribution in [0.25, 0.3) is 0 Å². The number of hydrogen-bond donors (Lipinski definition) is 0. The van der Waals surface area contributed by atoms with Gasteiger partial charge in [0.15, 0.2) is 0 Å². The molecule has 2 heteroatoms. The van der Waals surface area contributed by atoms with E-state index in [1.807, 2.05) is 0 Å². The van der Waals surface area contributed by atoms with Gasteiger partial charge in [-0.25, -0.2) is 0 Å². The zero-order valence-electron chi connectivity index (χ0n) is 14.6. The molecule has 6 aliphatic rings. The van der Waals surface area contributed by atoms with Crippen LogP contribution in [0.2, 0.25) is 0 Å². The molecule has 0 saturated carbocycles. The van der Waals surface area contributed by atoms with Gasteiger partial charge >= 0.3 is 0 Å². The molecular formula is C24H20O2. The van der Waals surface area contributed by atoms with Crippen molar-refractivity contribution in [1.82, 2.24) is 0 Å². The lowest BCUT2D eigenvalue weighted by molar-refractivity contribution is 0.0868. The van der Waals surface area contributed by atoms with Crippen LogP contribution in [-0.4, -0.2) is 0 Å². The van der Waals surface area contributed by atoms with Gasteiger partial charge < -0.3 is 9.47 Å². The lowest BCUT2D eigenvalue weighted by Crippen LogP contribution is -2.11. The Morgan fingerprint density at radius 3 is 1.00 bits per heavy atom. The lowest BCUT2D eigenvalue weighted by atomic mass is 9.81. The van der Waals surface area contributed by atoms with Crippen molar-refractivity contribution >= 4 is 0 Å². The molecule has 0 N–H and O–H groups in total. The van der Waals surface area contributed by atoms with E-state index < -0.39 is 0 Å². The van der Waals surface area contributed by atoms with Gasteiger partial charge in [-0.2, -0.15) is 0 Å². The van der Waals surface area contributed by atoms with Gasteiger partial charge in [-0.3, -0.25) is 0 Å². The standard InChI is InChI=1S/C24H20O2/c1-2-14-7-8-16-4-3-15(23-19-11-12-20(26-19)24(16)23)6-5-13(1)21-17-9-10-18(25-17)22(14)21/h1-4,9-12,17-20H,5-8H2/t17-,18+,19+,20-. The Bertz CT molecular complexity index is 867. The minimum atomic E-state index is 0.182. The second-order valence-corrected chi connectivity index (χ2v) is 8.15. The first kappa shape index (κ1) is 14.0. The van der Waals surface area contributed by atoms with Crippen molar-refractivity contribution in [2.45, 2.75) is 50.1 Å². The second kappa shape index (κ2) is 4.76. The van der Waals surface area contributed by atoms with Gasteiger partial charge in [-0.1, -0.05) is 48.6 Å². The van der Waals surface area contributed by atoms with E-state index in [4.69, 9.17) is 9.47 Å². The van der Waals surface area contributed by atoms with Crippen molar-refractivity contribution < 1.29 is 9.47 Å². The molecule has 0 radical (unpaired) electrons. The van der Waals surface area contributed by atoms with E-state index in [-0.39, 0.29) is 24.4 Å². The lowest BCUT2D eigenvalue weighted by Gasteiger charge is -2.22. The van der Waals surface area contributed by atoms with Crippen molar-refractivity contribution in [3.8, 4) is 0 Å². The first-order chi connectivity index (χ1) is 12.9. The Balaban J connectivity index is 1.41. The summed E-state index contributed by atoms with van der Waals surface area (Å²) in [4.78, 5) is 0. The van der Waals surface area contributed by atoms with Crippen molar-refractivity contribution in [3.05, 3.63) is 93.1 Å². The molecule has 0 spiro atoms. The summed E-state index contributed by atoms with van der Waals surface area (Å²) in [6, 6.07) is 9.46. The summed E-state index contributed by atoms with van der Waals surface area (Å²) in [6.45, 7) is 0. The van der Waals surface area contributed by atoms with Crippen molar-refractivity contribution in [2.24, 2.45) is 0 Å². The van der Waals surface area contributed by atoms with Crippen LogP contribution >= 0.6 is 0 Å². The molecule has 0 fully saturated rings. The third kappa shape index (κ3) is 1.65. The summed E-state index contributed by atoms with van der Waals surface area (Å²) in [7, 11) is 0. The fourth-order valence-electron chi connectivity index (χ4n) is 5.77. The third-order valence-corrected chi connectivity index (χ3v) is 6.91. The Hall–Kier alpha value is -2.16. The highest BCUT2D eigenvalue weighted by atomic mass is 16.5. The minimum Gasteiger partial charge on any atom is -0.357 e. The largest absolute Gasteiger partial charge is 0.357 e. The van der Waals surface area contributed by atoms with Gasteiger partial charge in [-0.05, 0) is 70.2 Å². The van der Waals surface area contributed by atoms with Crippen LogP contribution in [0.15, 0.2) is 48.6 Å². The molecule has 4 aliphatic heterocycles. The van der Waals surface area contributed by atoms with E-state index in [1.54, 1.807) is 0 Å². The zero-order valence-corrected chi connectivity index (χ0v) is 14.6.